The van der Waals surface area contributed by atoms with Gasteiger partial charge in [-0.3, -0.25) is 9.78 Å². The molecule has 5 nitrogen and oxygen atoms in total. The number of hydrazone groups is 1. The minimum absolute atomic E-state index is 0.272. The first kappa shape index (κ1) is 21.1. The zero-order valence-electron chi connectivity index (χ0n) is 18.4. The van der Waals surface area contributed by atoms with Crippen LogP contribution in [-0.4, -0.2) is 21.7 Å². The summed E-state index contributed by atoms with van der Waals surface area (Å²) in [5.41, 5.74) is 9.29. The van der Waals surface area contributed by atoms with Gasteiger partial charge >= 0.3 is 0 Å². The van der Waals surface area contributed by atoms with Crippen molar-refractivity contribution in [3.05, 3.63) is 133 Å². The Labute approximate surface area is 198 Å². The van der Waals surface area contributed by atoms with Crippen molar-refractivity contribution in [1.29, 1.82) is 0 Å². The Morgan fingerprint density at radius 2 is 1.35 bits per heavy atom. The third kappa shape index (κ3) is 4.54. The highest BCUT2D eigenvalue weighted by atomic mass is 16.2. The van der Waals surface area contributed by atoms with Gasteiger partial charge in [-0.05, 0) is 53.6 Å². The highest BCUT2D eigenvalue weighted by Gasteiger charge is 2.14. The number of benzene rings is 3. The van der Waals surface area contributed by atoms with E-state index in [0.717, 1.165) is 33.8 Å². The predicted molar refractivity (Wildman–Crippen MR) is 136 cm³/mol. The molecule has 34 heavy (non-hydrogen) atoms. The van der Waals surface area contributed by atoms with Gasteiger partial charge in [0, 0.05) is 29.2 Å². The second kappa shape index (κ2) is 9.79. The number of carbonyl (C=O) groups excluding carboxylic acids is 1. The molecular formula is C29H22N4O. The molecule has 2 heterocycles. The average molecular weight is 443 g/mol. The van der Waals surface area contributed by atoms with Crippen molar-refractivity contribution >= 4 is 12.1 Å². The molecular weight excluding hydrogens is 420 g/mol. The summed E-state index contributed by atoms with van der Waals surface area (Å²) in [6.07, 6.45) is 4.93. The molecule has 5 heteroatoms. The number of amides is 1. The average Bonchev–Trinajstić information content (AvgIpc) is 3.36. The normalized spacial score (nSPS) is 10.9. The summed E-state index contributed by atoms with van der Waals surface area (Å²) < 4.78 is 2.22. The van der Waals surface area contributed by atoms with Gasteiger partial charge < -0.3 is 4.57 Å². The zero-order valence-corrected chi connectivity index (χ0v) is 18.4. The largest absolute Gasteiger partial charge is 0.309 e. The Hall–Kier alpha value is -4.77. The van der Waals surface area contributed by atoms with Crippen LogP contribution in [0.1, 0.15) is 15.9 Å². The number of nitrogens with zero attached hydrogens (tertiary/aromatic N) is 3. The third-order valence-electron chi connectivity index (χ3n) is 5.47. The molecule has 0 radical (unpaired) electrons. The van der Waals surface area contributed by atoms with Gasteiger partial charge in [-0.15, -0.1) is 0 Å². The molecule has 1 amide bonds. The number of hydrogen-bond donors (Lipinski definition) is 1. The predicted octanol–water partition coefficient (Wildman–Crippen LogP) is 5.97. The van der Waals surface area contributed by atoms with Crippen LogP contribution in [0.3, 0.4) is 0 Å². The van der Waals surface area contributed by atoms with E-state index < -0.39 is 0 Å². The van der Waals surface area contributed by atoms with Crippen LogP contribution in [0.15, 0.2) is 127 Å². The topological polar surface area (TPSA) is 59.3 Å². The zero-order chi connectivity index (χ0) is 23.2. The van der Waals surface area contributed by atoms with Crippen molar-refractivity contribution in [2.45, 2.75) is 0 Å². The lowest BCUT2D eigenvalue weighted by atomic mass is 10.1. The molecule has 0 atom stereocenters. The molecule has 0 fully saturated rings. The molecule has 0 unspecified atom stereocenters. The smallest absolute Gasteiger partial charge is 0.271 e. The minimum Gasteiger partial charge on any atom is -0.309 e. The summed E-state index contributed by atoms with van der Waals surface area (Å²) >= 11 is 0. The van der Waals surface area contributed by atoms with Gasteiger partial charge in [0.05, 0.1) is 17.6 Å². The van der Waals surface area contributed by atoms with E-state index in [-0.39, 0.29) is 5.91 Å². The lowest BCUT2D eigenvalue weighted by molar-refractivity contribution is 0.0955. The lowest BCUT2D eigenvalue weighted by Crippen LogP contribution is -2.17. The van der Waals surface area contributed by atoms with Crippen LogP contribution in [0.5, 0.6) is 0 Å². The number of hydrogen-bond acceptors (Lipinski definition) is 3. The van der Waals surface area contributed by atoms with Crippen LogP contribution in [0.4, 0.5) is 0 Å². The molecule has 0 bridgehead atoms. The molecule has 0 aliphatic rings. The maximum atomic E-state index is 12.6. The SMILES string of the molecule is O=C(NN=Cc1cccnc1)c1ccc(-n2c(-c3ccccc3)ccc2-c2ccccc2)cc1. The summed E-state index contributed by atoms with van der Waals surface area (Å²) in [6, 6.07) is 36.1. The molecule has 0 aliphatic carbocycles. The second-order valence-corrected chi connectivity index (χ2v) is 7.70. The van der Waals surface area contributed by atoms with Gasteiger partial charge in [-0.2, -0.15) is 5.10 Å². The number of nitrogens with one attached hydrogen (secondary N) is 1. The van der Waals surface area contributed by atoms with Gasteiger partial charge in [-0.1, -0.05) is 66.7 Å². The molecule has 0 saturated heterocycles. The summed E-state index contributed by atoms with van der Waals surface area (Å²) in [4.78, 5) is 16.6. The molecule has 0 saturated carbocycles. The molecule has 5 rings (SSSR count). The fraction of sp³-hybridized carbons (Fsp3) is 0. The van der Waals surface area contributed by atoms with Crippen molar-refractivity contribution in [2.24, 2.45) is 5.10 Å². The number of aromatic nitrogens is 2. The molecule has 3 aromatic carbocycles. The van der Waals surface area contributed by atoms with E-state index in [1.165, 1.54) is 0 Å². The Kier molecular flexibility index (Phi) is 6.08. The maximum Gasteiger partial charge on any atom is 0.271 e. The highest BCUT2D eigenvalue weighted by molar-refractivity contribution is 5.95. The van der Waals surface area contributed by atoms with Crippen LogP contribution in [0.25, 0.3) is 28.2 Å². The molecule has 0 aliphatic heterocycles. The molecule has 164 valence electrons. The molecule has 1 N–H and O–H groups in total. The molecule has 5 aromatic rings. The van der Waals surface area contributed by atoms with Crippen LogP contribution in [0, 0.1) is 0 Å². The minimum atomic E-state index is -0.272. The Balaban J connectivity index is 1.45. The van der Waals surface area contributed by atoms with Crippen LogP contribution < -0.4 is 5.43 Å². The monoisotopic (exact) mass is 442 g/mol. The van der Waals surface area contributed by atoms with Crippen molar-refractivity contribution in [1.82, 2.24) is 15.0 Å². The standard InChI is InChI=1S/C29H22N4O/c34-29(32-31-21-22-8-7-19-30-20-22)25-13-15-26(16-14-25)33-27(23-9-3-1-4-10-23)17-18-28(33)24-11-5-2-6-12-24/h1-21H,(H,32,34). The Morgan fingerprint density at radius 1 is 0.735 bits per heavy atom. The van der Waals surface area contributed by atoms with Crippen molar-refractivity contribution in [2.75, 3.05) is 0 Å². The van der Waals surface area contributed by atoms with Crippen molar-refractivity contribution in [3.63, 3.8) is 0 Å². The van der Waals surface area contributed by atoms with E-state index in [9.17, 15) is 4.79 Å². The second-order valence-electron chi connectivity index (χ2n) is 7.70. The lowest BCUT2D eigenvalue weighted by Gasteiger charge is -2.15. The van der Waals surface area contributed by atoms with E-state index in [1.54, 1.807) is 18.6 Å². The first-order valence-electron chi connectivity index (χ1n) is 11.0. The third-order valence-corrected chi connectivity index (χ3v) is 5.47. The van der Waals surface area contributed by atoms with Gasteiger partial charge in [0.25, 0.3) is 5.91 Å². The van der Waals surface area contributed by atoms with Crippen molar-refractivity contribution in [3.8, 4) is 28.2 Å². The first-order chi connectivity index (χ1) is 16.8. The number of rotatable bonds is 6. The van der Waals surface area contributed by atoms with Gasteiger partial charge in [0.15, 0.2) is 0 Å². The summed E-state index contributed by atoms with van der Waals surface area (Å²) in [7, 11) is 0. The van der Waals surface area contributed by atoms with E-state index in [1.807, 2.05) is 72.8 Å². The van der Waals surface area contributed by atoms with E-state index in [2.05, 4.69) is 56.5 Å². The molecule has 2 aromatic heterocycles. The Morgan fingerprint density at radius 3 is 1.91 bits per heavy atom. The summed E-state index contributed by atoms with van der Waals surface area (Å²) in [5, 5.41) is 4.03. The van der Waals surface area contributed by atoms with Gasteiger partial charge in [0.2, 0.25) is 0 Å². The van der Waals surface area contributed by atoms with Crippen LogP contribution >= 0.6 is 0 Å². The summed E-state index contributed by atoms with van der Waals surface area (Å²) in [6.45, 7) is 0. The highest BCUT2D eigenvalue weighted by Crippen LogP contribution is 2.32. The van der Waals surface area contributed by atoms with Crippen LogP contribution in [0.2, 0.25) is 0 Å². The quantitative estimate of drug-likeness (QED) is 0.260. The molecule has 0 spiro atoms. The first-order valence-corrected chi connectivity index (χ1v) is 11.0. The van der Waals surface area contributed by atoms with Gasteiger partial charge in [0.1, 0.15) is 0 Å². The Bertz CT molecular complexity index is 1350. The van der Waals surface area contributed by atoms with Gasteiger partial charge in [-0.25, -0.2) is 5.43 Å². The van der Waals surface area contributed by atoms with E-state index in [0.29, 0.717) is 5.56 Å². The van der Waals surface area contributed by atoms with E-state index >= 15 is 0 Å². The van der Waals surface area contributed by atoms with Crippen molar-refractivity contribution < 1.29 is 4.79 Å². The van der Waals surface area contributed by atoms with Crippen LogP contribution in [-0.2, 0) is 0 Å². The van der Waals surface area contributed by atoms with E-state index in [4.69, 9.17) is 0 Å². The maximum absolute atomic E-state index is 12.6. The number of carbonyl (C=O) groups is 1. The fourth-order valence-electron chi connectivity index (χ4n) is 3.83. The summed E-state index contributed by atoms with van der Waals surface area (Å²) in [5.74, 6) is -0.272. The number of pyridine rings is 1. The fourth-order valence-corrected chi connectivity index (χ4v) is 3.83.